The number of fused-ring (bicyclic) bond motifs is 1. The Morgan fingerprint density at radius 2 is 1.95 bits per heavy atom. The normalized spacial score (nSPS) is 31.0. The van der Waals surface area contributed by atoms with Crippen molar-refractivity contribution in [2.45, 2.75) is 50.2 Å². The van der Waals surface area contributed by atoms with Crippen LogP contribution in [0.3, 0.4) is 0 Å². The summed E-state index contributed by atoms with van der Waals surface area (Å²) in [7, 11) is 0. The number of ether oxygens (including phenoxy) is 1. The molecular weight excluding hydrogens is 274 g/mol. The van der Waals surface area contributed by atoms with E-state index < -0.39 is 0 Å². The van der Waals surface area contributed by atoms with Crippen LogP contribution in [0.1, 0.15) is 44.0 Å². The summed E-state index contributed by atoms with van der Waals surface area (Å²) in [6.07, 6.45) is 6.33. The number of imidazole rings is 1. The summed E-state index contributed by atoms with van der Waals surface area (Å²) in [5.41, 5.74) is 2.87. The van der Waals surface area contributed by atoms with Crippen LogP contribution in [0.5, 0.6) is 0 Å². The molecule has 1 aliphatic heterocycles. The van der Waals surface area contributed by atoms with Crippen LogP contribution in [0.2, 0.25) is 0 Å². The highest BCUT2D eigenvalue weighted by Gasteiger charge is 2.56. The van der Waals surface area contributed by atoms with E-state index in [-0.39, 0.29) is 0 Å². The number of nitrogens with one attached hydrogen (secondary N) is 1. The van der Waals surface area contributed by atoms with Gasteiger partial charge in [0, 0.05) is 24.8 Å². The number of para-hydroxylation sites is 2. The quantitative estimate of drug-likeness (QED) is 0.943. The van der Waals surface area contributed by atoms with Gasteiger partial charge in [-0.25, -0.2) is 4.98 Å². The molecule has 3 aliphatic carbocycles. The van der Waals surface area contributed by atoms with E-state index >= 15 is 0 Å². The van der Waals surface area contributed by atoms with Crippen molar-refractivity contribution in [2.24, 2.45) is 5.92 Å². The zero-order valence-electron chi connectivity index (χ0n) is 12.9. The first kappa shape index (κ1) is 13.1. The molecule has 0 amide bonds. The standard InChI is InChI=1S/C18H23N3O/c1-2-4-16-15(3-1)20-17(12-19-18-9-13(10-18)11-18)21(16)14-5-7-22-8-6-14/h1-4,13-14,19H,5-12H2. The summed E-state index contributed by atoms with van der Waals surface area (Å²) in [4.78, 5) is 4.93. The molecule has 6 rings (SSSR count). The van der Waals surface area contributed by atoms with E-state index in [1.54, 1.807) is 0 Å². The highest BCUT2D eigenvalue weighted by Crippen LogP contribution is 2.57. The predicted molar refractivity (Wildman–Crippen MR) is 85.7 cm³/mol. The van der Waals surface area contributed by atoms with Gasteiger partial charge in [-0.15, -0.1) is 0 Å². The lowest BCUT2D eigenvalue weighted by molar-refractivity contribution is -0.0527. The Morgan fingerprint density at radius 3 is 2.68 bits per heavy atom. The lowest BCUT2D eigenvalue weighted by atomic mass is 9.50. The van der Waals surface area contributed by atoms with Gasteiger partial charge in [0.15, 0.2) is 0 Å². The van der Waals surface area contributed by atoms with Crippen molar-refractivity contribution in [1.29, 1.82) is 0 Å². The van der Waals surface area contributed by atoms with E-state index in [1.165, 1.54) is 30.6 Å². The minimum atomic E-state index is 0.462. The molecule has 22 heavy (non-hydrogen) atoms. The van der Waals surface area contributed by atoms with Crippen molar-refractivity contribution in [3.8, 4) is 0 Å². The topological polar surface area (TPSA) is 39.1 Å². The molecule has 1 aromatic heterocycles. The molecule has 4 fully saturated rings. The van der Waals surface area contributed by atoms with Gasteiger partial charge in [-0.2, -0.15) is 0 Å². The molecule has 0 atom stereocenters. The fraction of sp³-hybridized carbons (Fsp3) is 0.611. The lowest BCUT2D eigenvalue weighted by Gasteiger charge is -2.62. The molecule has 4 heteroatoms. The van der Waals surface area contributed by atoms with E-state index in [0.29, 0.717) is 11.6 Å². The molecule has 1 N–H and O–H groups in total. The maximum atomic E-state index is 5.55. The van der Waals surface area contributed by atoms with Crippen molar-refractivity contribution in [1.82, 2.24) is 14.9 Å². The number of hydrogen-bond donors (Lipinski definition) is 1. The molecule has 4 nitrogen and oxygen atoms in total. The first-order valence-electron chi connectivity index (χ1n) is 8.62. The highest BCUT2D eigenvalue weighted by atomic mass is 16.5. The Morgan fingerprint density at radius 1 is 1.18 bits per heavy atom. The number of benzene rings is 1. The molecule has 2 bridgehead atoms. The van der Waals surface area contributed by atoms with Gasteiger partial charge in [0.1, 0.15) is 5.82 Å². The van der Waals surface area contributed by atoms with Gasteiger partial charge in [0.25, 0.3) is 0 Å². The Kier molecular flexibility index (Phi) is 2.86. The van der Waals surface area contributed by atoms with Crippen LogP contribution in [0, 0.1) is 5.92 Å². The zero-order valence-corrected chi connectivity index (χ0v) is 12.9. The van der Waals surface area contributed by atoms with Crippen LogP contribution >= 0.6 is 0 Å². The fourth-order valence-corrected chi connectivity index (χ4v) is 4.53. The van der Waals surface area contributed by atoms with E-state index in [1.807, 2.05) is 0 Å². The van der Waals surface area contributed by atoms with Crippen LogP contribution in [-0.2, 0) is 11.3 Å². The van der Waals surface area contributed by atoms with Crippen LogP contribution in [0.15, 0.2) is 24.3 Å². The van der Waals surface area contributed by atoms with Gasteiger partial charge in [0.05, 0.1) is 17.6 Å². The summed E-state index contributed by atoms with van der Waals surface area (Å²) < 4.78 is 8.03. The second-order valence-electron chi connectivity index (χ2n) is 7.34. The maximum Gasteiger partial charge on any atom is 0.124 e. The van der Waals surface area contributed by atoms with E-state index in [4.69, 9.17) is 9.72 Å². The third-order valence-electron chi connectivity index (χ3n) is 5.88. The minimum Gasteiger partial charge on any atom is -0.381 e. The van der Waals surface area contributed by atoms with Crippen molar-refractivity contribution in [3.63, 3.8) is 0 Å². The molecule has 4 aliphatic rings. The molecule has 2 aromatic rings. The van der Waals surface area contributed by atoms with Gasteiger partial charge in [-0.1, -0.05) is 12.1 Å². The second-order valence-corrected chi connectivity index (χ2v) is 7.34. The first-order valence-corrected chi connectivity index (χ1v) is 8.62. The van der Waals surface area contributed by atoms with Crippen LogP contribution < -0.4 is 5.32 Å². The summed E-state index contributed by atoms with van der Waals surface area (Å²) in [5, 5.41) is 3.80. The minimum absolute atomic E-state index is 0.462. The molecule has 3 saturated carbocycles. The maximum absolute atomic E-state index is 5.55. The Labute approximate surface area is 130 Å². The molecule has 0 radical (unpaired) electrons. The molecule has 1 aromatic carbocycles. The SMILES string of the molecule is c1ccc2c(c1)nc(CNC13CC(C1)C3)n2C1CCOCC1. The molecular formula is C18H23N3O. The van der Waals surface area contributed by atoms with Crippen molar-refractivity contribution < 1.29 is 4.74 Å². The number of hydrogen-bond acceptors (Lipinski definition) is 3. The molecule has 0 unspecified atom stereocenters. The van der Waals surface area contributed by atoms with Gasteiger partial charge in [0.2, 0.25) is 0 Å². The Hall–Kier alpha value is -1.39. The zero-order chi connectivity index (χ0) is 14.6. The molecule has 0 spiro atoms. The van der Waals surface area contributed by atoms with Crippen LogP contribution in [0.25, 0.3) is 11.0 Å². The Bertz CT molecular complexity index is 684. The summed E-state index contributed by atoms with van der Waals surface area (Å²) >= 11 is 0. The second kappa shape index (κ2) is 4.80. The van der Waals surface area contributed by atoms with Gasteiger partial charge < -0.3 is 14.6 Å². The number of nitrogens with zero attached hydrogens (tertiary/aromatic N) is 2. The average Bonchev–Trinajstić information content (AvgIpc) is 2.83. The predicted octanol–water partition coefficient (Wildman–Crippen LogP) is 3.03. The Balaban J connectivity index is 1.48. The largest absolute Gasteiger partial charge is 0.381 e. The third-order valence-corrected chi connectivity index (χ3v) is 5.88. The smallest absolute Gasteiger partial charge is 0.124 e. The lowest BCUT2D eigenvalue weighted by Crippen LogP contribution is -2.66. The summed E-state index contributed by atoms with van der Waals surface area (Å²) in [6.45, 7) is 2.64. The van der Waals surface area contributed by atoms with Crippen molar-refractivity contribution >= 4 is 11.0 Å². The van der Waals surface area contributed by atoms with Crippen LogP contribution in [-0.4, -0.2) is 28.3 Å². The third kappa shape index (κ3) is 1.94. The molecule has 116 valence electrons. The van der Waals surface area contributed by atoms with Gasteiger partial charge in [-0.05, 0) is 50.2 Å². The van der Waals surface area contributed by atoms with Crippen molar-refractivity contribution in [3.05, 3.63) is 30.1 Å². The summed E-state index contributed by atoms with van der Waals surface area (Å²) in [6, 6.07) is 9.09. The summed E-state index contributed by atoms with van der Waals surface area (Å²) in [5.74, 6) is 2.22. The van der Waals surface area contributed by atoms with Gasteiger partial charge in [-0.3, -0.25) is 0 Å². The number of aromatic nitrogens is 2. The fourth-order valence-electron chi connectivity index (χ4n) is 4.53. The average molecular weight is 297 g/mol. The first-order chi connectivity index (χ1) is 10.8. The van der Waals surface area contributed by atoms with E-state index in [0.717, 1.165) is 44.0 Å². The van der Waals surface area contributed by atoms with E-state index in [9.17, 15) is 0 Å². The van der Waals surface area contributed by atoms with Crippen LogP contribution in [0.4, 0.5) is 0 Å². The molecule has 1 saturated heterocycles. The number of rotatable bonds is 4. The highest BCUT2D eigenvalue weighted by molar-refractivity contribution is 5.76. The van der Waals surface area contributed by atoms with Gasteiger partial charge >= 0.3 is 0 Å². The molecule has 2 heterocycles. The van der Waals surface area contributed by atoms with Crippen molar-refractivity contribution in [2.75, 3.05) is 13.2 Å². The van der Waals surface area contributed by atoms with E-state index in [2.05, 4.69) is 34.1 Å². The monoisotopic (exact) mass is 297 g/mol.